The molecule has 8 heteroatoms. The molecule has 0 radical (unpaired) electrons. The van der Waals surface area contributed by atoms with E-state index < -0.39 is 31.6 Å². The fourth-order valence-electron chi connectivity index (χ4n) is 7.98. The highest BCUT2D eigenvalue weighted by molar-refractivity contribution is 7.89. The Morgan fingerprint density at radius 2 is 1.02 bits per heavy atom. The molecule has 4 rings (SSSR count). The zero-order valence-corrected chi connectivity index (χ0v) is 26.7. The van der Waals surface area contributed by atoms with Gasteiger partial charge < -0.3 is 0 Å². The standard InChI is InChI=1S/C32H52O6S2/c1-22(2)30(23(3)4)32(39(33,34)35)38-40(36,37)31-28(25-16-10-6-11-17-25)20-27(24-14-8-5-9-15-24)21-29(31)26-18-12-7-13-19-26/h20-26,30,32H,5-19H2,1-4H3,(H,33,34,35). The number of hydrogen-bond donors (Lipinski definition) is 1. The highest BCUT2D eigenvalue weighted by atomic mass is 32.2. The quantitative estimate of drug-likeness (QED) is 0.214. The third kappa shape index (κ3) is 7.51. The first-order chi connectivity index (χ1) is 18.9. The van der Waals surface area contributed by atoms with Crippen LogP contribution in [0.1, 0.15) is 158 Å². The van der Waals surface area contributed by atoms with Crippen LogP contribution in [0.25, 0.3) is 0 Å². The van der Waals surface area contributed by atoms with Gasteiger partial charge in [0.05, 0.1) is 0 Å². The molecular formula is C32H52O6S2. The number of rotatable bonds is 10. The van der Waals surface area contributed by atoms with Crippen LogP contribution in [0.3, 0.4) is 0 Å². The van der Waals surface area contributed by atoms with E-state index in [0.29, 0.717) is 5.92 Å². The molecule has 1 atom stereocenters. The maximum Gasteiger partial charge on any atom is 0.298 e. The molecule has 0 heterocycles. The Labute approximate surface area is 243 Å². The highest BCUT2D eigenvalue weighted by Gasteiger charge is 2.43. The molecule has 0 bridgehead atoms. The van der Waals surface area contributed by atoms with Crippen molar-refractivity contribution in [3.8, 4) is 0 Å². The van der Waals surface area contributed by atoms with E-state index in [4.69, 9.17) is 4.18 Å². The van der Waals surface area contributed by atoms with Gasteiger partial charge in [-0.25, -0.2) is 4.18 Å². The molecule has 6 nitrogen and oxygen atoms in total. The summed E-state index contributed by atoms with van der Waals surface area (Å²) in [6, 6.07) is 4.30. The lowest BCUT2D eigenvalue weighted by Gasteiger charge is -2.34. The smallest absolute Gasteiger partial charge is 0.284 e. The average molecular weight is 597 g/mol. The average Bonchev–Trinajstić information content (AvgIpc) is 2.92. The summed E-state index contributed by atoms with van der Waals surface area (Å²) in [6.45, 7) is 7.38. The van der Waals surface area contributed by atoms with Gasteiger partial charge >= 0.3 is 0 Å². The largest absolute Gasteiger partial charge is 0.298 e. The second kappa shape index (κ2) is 13.6. The maximum absolute atomic E-state index is 14.5. The third-order valence-electron chi connectivity index (χ3n) is 9.95. The van der Waals surface area contributed by atoms with Crippen LogP contribution in [0.5, 0.6) is 0 Å². The fourth-order valence-corrected chi connectivity index (χ4v) is 11.2. The summed E-state index contributed by atoms with van der Waals surface area (Å²) < 4.78 is 70.3. The molecule has 0 saturated heterocycles. The Bertz CT molecular complexity index is 1140. The van der Waals surface area contributed by atoms with E-state index in [0.717, 1.165) is 88.2 Å². The molecule has 1 aromatic carbocycles. The van der Waals surface area contributed by atoms with E-state index in [-0.39, 0.29) is 28.6 Å². The van der Waals surface area contributed by atoms with E-state index in [1.807, 2.05) is 27.7 Å². The first kappa shape index (κ1) is 32.0. The molecule has 1 N–H and O–H groups in total. The number of hydrogen-bond acceptors (Lipinski definition) is 5. The lowest BCUT2D eigenvalue weighted by molar-refractivity contribution is 0.128. The van der Waals surface area contributed by atoms with Crippen molar-refractivity contribution in [3.05, 3.63) is 28.8 Å². The Balaban J connectivity index is 1.90. The lowest BCUT2D eigenvalue weighted by Crippen LogP contribution is -2.40. The third-order valence-corrected chi connectivity index (χ3v) is 12.5. The van der Waals surface area contributed by atoms with E-state index in [1.54, 1.807) is 0 Å². The molecule has 1 aromatic rings. The summed E-state index contributed by atoms with van der Waals surface area (Å²) >= 11 is 0. The number of benzene rings is 1. The van der Waals surface area contributed by atoms with Crippen molar-refractivity contribution in [2.45, 2.75) is 152 Å². The van der Waals surface area contributed by atoms with E-state index in [2.05, 4.69) is 12.1 Å². The van der Waals surface area contributed by atoms with Gasteiger partial charge in [0.25, 0.3) is 20.2 Å². The van der Waals surface area contributed by atoms with Gasteiger partial charge in [0.1, 0.15) is 4.90 Å². The highest BCUT2D eigenvalue weighted by Crippen LogP contribution is 2.46. The Kier molecular flexibility index (Phi) is 10.8. The Hall–Kier alpha value is -0.960. The summed E-state index contributed by atoms with van der Waals surface area (Å²) in [5.41, 5.74) is 1.09. The Morgan fingerprint density at radius 3 is 1.38 bits per heavy atom. The van der Waals surface area contributed by atoms with E-state index in [1.165, 1.54) is 24.8 Å². The molecule has 1 unspecified atom stereocenters. The molecule has 3 aliphatic carbocycles. The summed E-state index contributed by atoms with van der Waals surface area (Å²) in [5, 5.41) is 0. The summed E-state index contributed by atoms with van der Waals surface area (Å²) in [5.74, 6) is -0.417. The fraction of sp³-hybridized carbons (Fsp3) is 0.812. The maximum atomic E-state index is 14.5. The molecule has 228 valence electrons. The topological polar surface area (TPSA) is 97.7 Å². The molecule has 0 spiro atoms. The van der Waals surface area contributed by atoms with Crippen molar-refractivity contribution >= 4 is 20.2 Å². The van der Waals surface area contributed by atoms with Crippen LogP contribution in [-0.2, 0) is 24.4 Å². The van der Waals surface area contributed by atoms with Crippen molar-refractivity contribution in [1.29, 1.82) is 0 Å². The van der Waals surface area contributed by atoms with Crippen LogP contribution >= 0.6 is 0 Å². The van der Waals surface area contributed by atoms with Crippen LogP contribution in [0.2, 0.25) is 0 Å². The second-order valence-corrected chi connectivity index (χ2v) is 16.5. The molecule has 0 aromatic heterocycles. The molecule has 3 saturated carbocycles. The summed E-state index contributed by atoms with van der Waals surface area (Å²) in [6.07, 6.45) is 16.2. The van der Waals surface area contributed by atoms with Crippen molar-refractivity contribution in [2.75, 3.05) is 0 Å². The first-order valence-corrected chi connectivity index (χ1v) is 18.9. The van der Waals surface area contributed by atoms with Gasteiger partial charge in [0.15, 0.2) is 0 Å². The predicted molar refractivity (Wildman–Crippen MR) is 161 cm³/mol. The lowest BCUT2D eigenvalue weighted by atomic mass is 9.76. The normalized spacial score (nSPS) is 21.9. The SMILES string of the molecule is CC(C)C(C(C)C)C(OS(=O)(=O)c1c(C2CCCCC2)cc(C2CCCCC2)cc1C1CCCCC1)S(=O)(=O)O. The zero-order chi connectivity index (χ0) is 29.1. The molecular weight excluding hydrogens is 544 g/mol. The van der Waals surface area contributed by atoms with Gasteiger partial charge in [-0.05, 0) is 84.8 Å². The predicted octanol–water partition coefficient (Wildman–Crippen LogP) is 8.68. The van der Waals surface area contributed by atoms with Gasteiger partial charge in [-0.15, -0.1) is 0 Å². The van der Waals surface area contributed by atoms with Crippen LogP contribution in [0.4, 0.5) is 0 Å². The summed E-state index contributed by atoms with van der Waals surface area (Å²) in [7, 11) is -9.30. The summed E-state index contributed by atoms with van der Waals surface area (Å²) in [4.78, 5) is 0.214. The van der Waals surface area contributed by atoms with Gasteiger partial charge in [0, 0.05) is 5.92 Å². The molecule has 3 fully saturated rings. The minimum atomic E-state index is -4.80. The van der Waals surface area contributed by atoms with Crippen molar-refractivity contribution in [3.63, 3.8) is 0 Å². The minimum Gasteiger partial charge on any atom is -0.284 e. The van der Waals surface area contributed by atoms with Gasteiger partial charge in [-0.3, -0.25) is 4.55 Å². The van der Waals surface area contributed by atoms with Gasteiger partial charge in [-0.1, -0.05) is 97.6 Å². The minimum absolute atomic E-state index is 0.114. The Morgan fingerprint density at radius 1 is 0.650 bits per heavy atom. The molecule has 40 heavy (non-hydrogen) atoms. The van der Waals surface area contributed by atoms with Crippen molar-refractivity contribution in [2.24, 2.45) is 17.8 Å². The van der Waals surface area contributed by atoms with Crippen LogP contribution in [-0.4, -0.2) is 26.8 Å². The van der Waals surface area contributed by atoms with Crippen LogP contribution in [0.15, 0.2) is 17.0 Å². The van der Waals surface area contributed by atoms with E-state index in [9.17, 15) is 21.4 Å². The molecule has 0 aliphatic heterocycles. The molecule has 3 aliphatic rings. The first-order valence-electron chi connectivity index (χ1n) is 16.0. The van der Waals surface area contributed by atoms with Gasteiger partial charge in [0.2, 0.25) is 5.44 Å². The molecule has 0 amide bonds. The monoisotopic (exact) mass is 596 g/mol. The van der Waals surface area contributed by atoms with Crippen LogP contribution < -0.4 is 0 Å². The van der Waals surface area contributed by atoms with Crippen molar-refractivity contribution in [1.82, 2.24) is 0 Å². The van der Waals surface area contributed by atoms with Gasteiger partial charge in [-0.2, -0.15) is 16.8 Å². The van der Waals surface area contributed by atoms with Crippen LogP contribution in [0, 0.1) is 17.8 Å². The van der Waals surface area contributed by atoms with Crippen molar-refractivity contribution < 1.29 is 25.6 Å². The zero-order valence-electron chi connectivity index (χ0n) is 25.1. The second-order valence-electron chi connectivity index (χ2n) is 13.5. The van der Waals surface area contributed by atoms with E-state index >= 15 is 0 Å².